The zero-order chi connectivity index (χ0) is 23.5. The van der Waals surface area contributed by atoms with E-state index in [4.69, 9.17) is 5.73 Å². The molecule has 1 aliphatic heterocycles. The maximum atomic E-state index is 13.2. The van der Waals surface area contributed by atoms with Crippen molar-refractivity contribution in [2.45, 2.75) is 102 Å². The zero-order valence-corrected chi connectivity index (χ0v) is 20.8. The summed E-state index contributed by atoms with van der Waals surface area (Å²) in [6.45, 7) is 4.06. The first-order chi connectivity index (χ1) is 16.1. The number of unbranched alkanes of at least 4 members (excludes halogenated alkanes) is 3. The van der Waals surface area contributed by atoms with Crippen molar-refractivity contribution >= 4 is 6.03 Å². The number of likely N-dealkylation sites (tertiary alicyclic amines) is 1. The van der Waals surface area contributed by atoms with E-state index in [2.05, 4.69) is 12.2 Å². The molecule has 1 aromatic carbocycles. The molecule has 0 aromatic heterocycles. The average molecular weight is 458 g/mol. The second-order valence-electron chi connectivity index (χ2n) is 10.5. The maximum Gasteiger partial charge on any atom is 0.317 e. The number of hydrogen-bond acceptors (Lipinski definition) is 3. The molecule has 2 aliphatic rings. The lowest BCUT2D eigenvalue weighted by Crippen LogP contribution is -2.53. The molecular formula is C28H47N3O2. The molecule has 0 bridgehead atoms. The van der Waals surface area contributed by atoms with Crippen molar-refractivity contribution in [2.24, 2.45) is 17.6 Å². The monoisotopic (exact) mass is 457 g/mol. The van der Waals surface area contributed by atoms with Gasteiger partial charge in [0.15, 0.2) is 0 Å². The molecule has 3 rings (SSSR count). The number of carbonyl (C=O) groups is 1. The Hall–Kier alpha value is -1.59. The minimum absolute atomic E-state index is 0.00708. The number of hydrogen-bond donors (Lipinski definition) is 3. The molecule has 186 valence electrons. The maximum absolute atomic E-state index is 13.2. The fourth-order valence-electron chi connectivity index (χ4n) is 5.99. The highest BCUT2D eigenvalue weighted by Gasteiger charge is 2.41. The quantitative estimate of drug-likeness (QED) is 0.380. The van der Waals surface area contributed by atoms with E-state index in [1.807, 2.05) is 35.2 Å². The Morgan fingerprint density at radius 2 is 1.88 bits per heavy atom. The van der Waals surface area contributed by atoms with Crippen LogP contribution < -0.4 is 11.1 Å². The van der Waals surface area contributed by atoms with Gasteiger partial charge in [0.25, 0.3) is 0 Å². The Morgan fingerprint density at radius 3 is 2.58 bits per heavy atom. The van der Waals surface area contributed by atoms with Gasteiger partial charge < -0.3 is 21.1 Å². The van der Waals surface area contributed by atoms with E-state index in [9.17, 15) is 9.90 Å². The highest BCUT2D eigenvalue weighted by atomic mass is 16.3. The molecule has 3 unspecified atom stereocenters. The predicted molar refractivity (Wildman–Crippen MR) is 136 cm³/mol. The van der Waals surface area contributed by atoms with Gasteiger partial charge >= 0.3 is 6.03 Å². The molecule has 1 aliphatic carbocycles. The Morgan fingerprint density at radius 1 is 1.12 bits per heavy atom. The third kappa shape index (κ3) is 7.45. The number of nitrogens with zero attached hydrogens (tertiary/aromatic N) is 1. The van der Waals surface area contributed by atoms with Crippen molar-refractivity contribution in [3.63, 3.8) is 0 Å². The first-order valence-electron chi connectivity index (χ1n) is 13.6. The summed E-state index contributed by atoms with van der Waals surface area (Å²) in [5.74, 6) is 0.740. The van der Waals surface area contributed by atoms with E-state index in [1.54, 1.807) is 0 Å². The van der Waals surface area contributed by atoms with Crippen LogP contribution in [-0.4, -0.2) is 41.7 Å². The van der Waals surface area contributed by atoms with Crippen LogP contribution in [0.3, 0.4) is 0 Å². The van der Waals surface area contributed by atoms with E-state index in [0.717, 1.165) is 50.6 Å². The fourth-order valence-corrected chi connectivity index (χ4v) is 5.99. The molecule has 5 heteroatoms. The van der Waals surface area contributed by atoms with E-state index in [-0.39, 0.29) is 18.0 Å². The van der Waals surface area contributed by atoms with Crippen molar-refractivity contribution < 1.29 is 9.90 Å². The standard InChI is InChI=1S/C28H47N3O2/c1-2-3-4-11-18-28(33,24-15-9-6-10-16-24)25-17-12-19-31(22-25)27(32)30-26(21-29)20-23-13-7-5-8-14-23/h6,9-10,15-16,23,25-26,33H,2-5,7-8,11-14,17-22,29H2,1H3,(H,30,32). The van der Waals surface area contributed by atoms with Gasteiger partial charge in [-0.3, -0.25) is 0 Å². The van der Waals surface area contributed by atoms with Gasteiger partial charge in [0.2, 0.25) is 0 Å². The van der Waals surface area contributed by atoms with Crippen molar-refractivity contribution in [3.8, 4) is 0 Å². The van der Waals surface area contributed by atoms with Gasteiger partial charge in [-0.25, -0.2) is 4.79 Å². The molecule has 4 N–H and O–H groups in total. The second kappa shape index (κ2) is 13.3. The lowest BCUT2D eigenvalue weighted by Gasteiger charge is -2.43. The highest BCUT2D eigenvalue weighted by Crippen LogP contribution is 2.40. The normalized spacial score (nSPS) is 22.5. The van der Waals surface area contributed by atoms with Crippen LogP contribution in [0.2, 0.25) is 0 Å². The second-order valence-corrected chi connectivity index (χ2v) is 10.5. The Labute approximate surface area is 201 Å². The van der Waals surface area contributed by atoms with Crippen molar-refractivity contribution in [1.29, 1.82) is 0 Å². The number of aliphatic hydroxyl groups is 1. The SMILES string of the molecule is CCCCCCC(O)(c1ccccc1)C1CCCN(C(=O)NC(CN)CC2CCCCC2)C1. The number of piperidine rings is 1. The van der Waals surface area contributed by atoms with E-state index >= 15 is 0 Å². The van der Waals surface area contributed by atoms with Crippen molar-refractivity contribution in [3.05, 3.63) is 35.9 Å². The Bertz CT molecular complexity index is 692. The summed E-state index contributed by atoms with van der Waals surface area (Å²) < 4.78 is 0. The molecule has 33 heavy (non-hydrogen) atoms. The average Bonchev–Trinajstić information content (AvgIpc) is 2.87. The zero-order valence-electron chi connectivity index (χ0n) is 20.8. The van der Waals surface area contributed by atoms with Gasteiger partial charge in [-0.15, -0.1) is 0 Å². The number of urea groups is 1. The molecule has 0 radical (unpaired) electrons. The molecule has 0 spiro atoms. The first kappa shape index (κ1) is 26.0. The van der Waals surface area contributed by atoms with Crippen LogP contribution in [0, 0.1) is 11.8 Å². The lowest BCUT2D eigenvalue weighted by molar-refractivity contribution is -0.0557. The van der Waals surface area contributed by atoms with Crippen LogP contribution in [0.25, 0.3) is 0 Å². The molecule has 2 fully saturated rings. The molecule has 5 nitrogen and oxygen atoms in total. The number of nitrogens with two attached hydrogens (primary N) is 1. The summed E-state index contributed by atoms with van der Waals surface area (Å²) in [5.41, 5.74) is 6.15. The molecule has 1 saturated carbocycles. The topological polar surface area (TPSA) is 78.6 Å². The van der Waals surface area contributed by atoms with Gasteiger partial charge in [-0.1, -0.05) is 95.0 Å². The van der Waals surface area contributed by atoms with Crippen LogP contribution in [0.15, 0.2) is 30.3 Å². The van der Waals surface area contributed by atoms with E-state index in [1.165, 1.54) is 44.9 Å². The number of rotatable bonds is 11. The summed E-state index contributed by atoms with van der Waals surface area (Å²) in [4.78, 5) is 15.1. The van der Waals surface area contributed by atoms with Gasteiger partial charge in [0, 0.05) is 31.6 Å². The molecule has 1 heterocycles. The van der Waals surface area contributed by atoms with E-state index in [0.29, 0.717) is 19.0 Å². The van der Waals surface area contributed by atoms with Crippen LogP contribution in [0.5, 0.6) is 0 Å². The van der Waals surface area contributed by atoms with Gasteiger partial charge in [-0.2, -0.15) is 0 Å². The summed E-state index contributed by atoms with van der Waals surface area (Å²) in [6.07, 6.45) is 14.6. The number of carbonyl (C=O) groups excluding carboxylic acids is 1. The summed E-state index contributed by atoms with van der Waals surface area (Å²) >= 11 is 0. The van der Waals surface area contributed by atoms with E-state index < -0.39 is 5.60 Å². The number of benzene rings is 1. The number of nitrogens with one attached hydrogen (secondary N) is 1. The third-order valence-electron chi connectivity index (χ3n) is 8.02. The minimum Gasteiger partial charge on any atom is -0.385 e. The van der Waals surface area contributed by atoms with Gasteiger partial charge in [-0.05, 0) is 37.2 Å². The minimum atomic E-state index is -0.886. The highest BCUT2D eigenvalue weighted by molar-refractivity contribution is 5.74. The summed E-state index contributed by atoms with van der Waals surface area (Å²) in [6, 6.07) is 10.2. The van der Waals surface area contributed by atoms with Crippen LogP contribution in [0.4, 0.5) is 4.79 Å². The molecule has 2 amide bonds. The molecular weight excluding hydrogens is 410 g/mol. The largest absolute Gasteiger partial charge is 0.385 e. The lowest BCUT2D eigenvalue weighted by atomic mass is 9.74. The molecule has 3 atom stereocenters. The summed E-state index contributed by atoms with van der Waals surface area (Å²) in [7, 11) is 0. The van der Waals surface area contributed by atoms with Crippen molar-refractivity contribution in [2.75, 3.05) is 19.6 Å². The smallest absolute Gasteiger partial charge is 0.317 e. The number of amides is 2. The molecule has 1 saturated heterocycles. The Balaban J connectivity index is 1.63. The first-order valence-corrected chi connectivity index (χ1v) is 13.6. The van der Waals surface area contributed by atoms with Crippen LogP contribution >= 0.6 is 0 Å². The third-order valence-corrected chi connectivity index (χ3v) is 8.02. The predicted octanol–water partition coefficient (Wildman–Crippen LogP) is 5.56. The molecule has 1 aromatic rings. The van der Waals surface area contributed by atoms with Gasteiger partial charge in [0.05, 0.1) is 5.60 Å². The van der Waals surface area contributed by atoms with Crippen molar-refractivity contribution in [1.82, 2.24) is 10.2 Å². The van der Waals surface area contributed by atoms with Crippen LogP contribution in [-0.2, 0) is 5.60 Å². The van der Waals surface area contributed by atoms with Crippen LogP contribution in [0.1, 0.15) is 96.0 Å². The Kier molecular flexibility index (Phi) is 10.5. The summed E-state index contributed by atoms with van der Waals surface area (Å²) in [5, 5.41) is 15.2. The fraction of sp³-hybridized carbons (Fsp3) is 0.750. The van der Waals surface area contributed by atoms with Gasteiger partial charge in [0.1, 0.15) is 0 Å².